The molecule has 1 atom stereocenters. The van der Waals surface area contributed by atoms with Crippen LogP contribution in [0.2, 0.25) is 18.1 Å². The molecule has 13 heavy (non-hydrogen) atoms. The molecule has 0 bridgehead atoms. The van der Waals surface area contributed by atoms with Crippen LogP contribution in [0, 0.1) is 0 Å². The van der Waals surface area contributed by atoms with Crippen LogP contribution in [-0.4, -0.2) is 23.0 Å². The Hall–Kier alpha value is 1.29. The molecule has 0 fully saturated rings. The Kier molecular flexibility index (Phi) is 7.71. The Morgan fingerprint density at radius 3 is 2.00 bits per heavy atom. The van der Waals surface area contributed by atoms with Crippen molar-refractivity contribution in [3.05, 3.63) is 0 Å². The van der Waals surface area contributed by atoms with Crippen molar-refractivity contribution in [2.45, 2.75) is 38.9 Å². The minimum absolute atomic E-state index is 0. The van der Waals surface area contributed by atoms with Gasteiger partial charge in [0.1, 0.15) is 0 Å². The molecule has 0 heterocycles. The third kappa shape index (κ3) is 6.38. The second-order valence-corrected chi connectivity index (χ2v) is 9.98. The zero-order chi connectivity index (χ0) is 9.99. The minimum atomic E-state index is -2.08. The summed E-state index contributed by atoms with van der Waals surface area (Å²) < 4.78 is 25.9. The first-order valence-electron chi connectivity index (χ1n) is 3.86. The van der Waals surface area contributed by atoms with Gasteiger partial charge in [-0.25, -0.2) is 0 Å². The zero-order valence-electron chi connectivity index (χ0n) is 9.34. The van der Waals surface area contributed by atoms with Gasteiger partial charge < -0.3 is 8.98 Å². The van der Waals surface area contributed by atoms with E-state index in [2.05, 4.69) is 20.8 Å². The van der Waals surface area contributed by atoms with Gasteiger partial charge in [0.2, 0.25) is 0 Å². The summed E-state index contributed by atoms with van der Waals surface area (Å²) in [7, 11) is -1.86. The van der Waals surface area contributed by atoms with E-state index < -0.39 is 19.4 Å². The van der Waals surface area contributed by atoms with E-state index in [-0.39, 0.29) is 40.5 Å². The van der Waals surface area contributed by atoms with Crippen molar-refractivity contribution in [3.8, 4) is 0 Å². The quantitative estimate of drug-likeness (QED) is 0.456. The Balaban J connectivity index is 0. The molecule has 6 heteroatoms. The SMILES string of the molecule is CC(C)(C)[Si](C)(C)OCS(=O)[O-].[Na+]. The first-order valence-corrected chi connectivity index (χ1v) is 8.02. The summed E-state index contributed by atoms with van der Waals surface area (Å²) in [6.45, 7) is 10.3. The van der Waals surface area contributed by atoms with Crippen LogP contribution in [0.1, 0.15) is 20.8 Å². The van der Waals surface area contributed by atoms with Gasteiger partial charge >= 0.3 is 29.6 Å². The van der Waals surface area contributed by atoms with Gasteiger partial charge in [-0.3, -0.25) is 4.21 Å². The van der Waals surface area contributed by atoms with E-state index in [9.17, 15) is 8.76 Å². The summed E-state index contributed by atoms with van der Waals surface area (Å²) in [5, 5.41) is 0.0758. The van der Waals surface area contributed by atoms with E-state index in [4.69, 9.17) is 4.43 Å². The summed E-state index contributed by atoms with van der Waals surface area (Å²) in [4.78, 5) is 0. The van der Waals surface area contributed by atoms with Crippen LogP contribution < -0.4 is 29.6 Å². The minimum Gasteiger partial charge on any atom is -0.771 e. The predicted octanol–water partition coefficient (Wildman–Crippen LogP) is -1.15. The van der Waals surface area contributed by atoms with Crippen molar-refractivity contribution in [1.82, 2.24) is 0 Å². The molecule has 0 spiro atoms. The monoisotopic (exact) mass is 232 g/mol. The van der Waals surface area contributed by atoms with Crippen LogP contribution in [0.3, 0.4) is 0 Å². The topological polar surface area (TPSA) is 49.4 Å². The molecule has 0 saturated heterocycles. The fourth-order valence-electron chi connectivity index (χ4n) is 0.412. The van der Waals surface area contributed by atoms with Crippen LogP contribution in [0.15, 0.2) is 0 Å². The van der Waals surface area contributed by atoms with Crippen LogP contribution in [0.4, 0.5) is 0 Å². The molecule has 0 aliphatic heterocycles. The smallest absolute Gasteiger partial charge is 0.771 e. The van der Waals surface area contributed by atoms with Gasteiger partial charge in [-0.05, 0) is 29.2 Å². The average Bonchev–Trinajstić information content (AvgIpc) is 1.81. The molecule has 3 nitrogen and oxygen atoms in total. The van der Waals surface area contributed by atoms with Crippen molar-refractivity contribution in [3.63, 3.8) is 0 Å². The van der Waals surface area contributed by atoms with Gasteiger partial charge in [-0.15, -0.1) is 0 Å². The van der Waals surface area contributed by atoms with Crippen molar-refractivity contribution in [2.75, 3.05) is 5.94 Å². The largest absolute Gasteiger partial charge is 1.00 e. The van der Waals surface area contributed by atoms with Gasteiger partial charge in [0.05, 0.1) is 5.94 Å². The molecule has 0 aromatic heterocycles. The molecular formula is C7H17NaO3SSi. The maximum Gasteiger partial charge on any atom is 1.00 e. The Labute approximate surface area is 106 Å². The second-order valence-electron chi connectivity index (χ2n) is 4.33. The molecule has 0 radical (unpaired) electrons. The van der Waals surface area contributed by atoms with Crippen LogP contribution >= 0.6 is 0 Å². The Bertz CT molecular complexity index is 179. The average molecular weight is 232 g/mol. The van der Waals surface area contributed by atoms with Gasteiger partial charge in [0.25, 0.3) is 0 Å². The van der Waals surface area contributed by atoms with E-state index in [0.29, 0.717) is 0 Å². The van der Waals surface area contributed by atoms with Crippen molar-refractivity contribution in [1.29, 1.82) is 0 Å². The number of hydrogen-bond donors (Lipinski definition) is 0. The molecule has 0 N–H and O–H groups in total. The van der Waals surface area contributed by atoms with Gasteiger partial charge in [-0.2, -0.15) is 0 Å². The molecule has 74 valence electrons. The standard InChI is InChI=1S/C7H18O3SSi.Na/c1-7(2,3)12(4,5)10-6-11(8)9;/h6H2,1-5H3,(H,8,9);/q;+1/p-1. The number of rotatable bonds is 3. The molecule has 0 aliphatic rings. The molecule has 0 aliphatic carbocycles. The molecular weight excluding hydrogens is 215 g/mol. The van der Waals surface area contributed by atoms with Gasteiger partial charge in [0.15, 0.2) is 8.32 Å². The van der Waals surface area contributed by atoms with Crippen LogP contribution in [-0.2, 0) is 15.5 Å². The van der Waals surface area contributed by atoms with Crippen molar-refractivity contribution in [2.24, 2.45) is 0 Å². The van der Waals surface area contributed by atoms with E-state index in [0.717, 1.165) is 0 Å². The normalized spacial score (nSPS) is 14.9. The van der Waals surface area contributed by atoms with Gasteiger partial charge in [0, 0.05) is 0 Å². The summed E-state index contributed by atoms with van der Waals surface area (Å²) in [5.74, 6) is -0.170. The van der Waals surface area contributed by atoms with E-state index in [1.807, 2.05) is 13.1 Å². The Morgan fingerprint density at radius 2 is 1.77 bits per heavy atom. The summed E-state index contributed by atoms with van der Waals surface area (Å²) in [6.07, 6.45) is 0. The van der Waals surface area contributed by atoms with Gasteiger partial charge in [-0.1, -0.05) is 20.8 Å². The molecule has 0 rings (SSSR count). The van der Waals surface area contributed by atoms with Crippen LogP contribution in [0.25, 0.3) is 0 Å². The maximum atomic E-state index is 10.3. The zero-order valence-corrected chi connectivity index (χ0v) is 13.2. The molecule has 0 saturated carbocycles. The second kappa shape index (κ2) is 6.00. The Morgan fingerprint density at radius 1 is 1.38 bits per heavy atom. The molecule has 1 unspecified atom stereocenters. The van der Waals surface area contributed by atoms with E-state index in [1.165, 1.54) is 0 Å². The summed E-state index contributed by atoms with van der Waals surface area (Å²) in [5.41, 5.74) is 0. The molecule has 0 aromatic carbocycles. The molecule has 0 amide bonds. The first kappa shape index (κ1) is 16.7. The third-order valence-electron chi connectivity index (χ3n) is 2.32. The van der Waals surface area contributed by atoms with E-state index in [1.54, 1.807) is 0 Å². The van der Waals surface area contributed by atoms with E-state index >= 15 is 0 Å². The third-order valence-corrected chi connectivity index (χ3v) is 7.32. The van der Waals surface area contributed by atoms with Crippen LogP contribution in [0.5, 0.6) is 0 Å². The summed E-state index contributed by atoms with van der Waals surface area (Å²) in [6, 6.07) is 0. The van der Waals surface area contributed by atoms with Crippen molar-refractivity contribution < 1.29 is 42.7 Å². The predicted molar refractivity (Wildman–Crippen MR) is 52.1 cm³/mol. The number of hydrogen-bond acceptors (Lipinski definition) is 3. The fraction of sp³-hybridized carbons (Fsp3) is 1.00. The maximum absolute atomic E-state index is 10.3. The van der Waals surface area contributed by atoms with Crippen molar-refractivity contribution >= 4 is 19.4 Å². The fourth-order valence-corrected chi connectivity index (χ4v) is 2.41. The first-order chi connectivity index (χ1) is 5.17. The summed E-state index contributed by atoms with van der Waals surface area (Å²) >= 11 is -2.08. The molecule has 0 aromatic rings.